The van der Waals surface area contributed by atoms with E-state index in [2.05, 4.69) is 116 Å². The Labute approximate surface area is 293 Å². The maximum atomic E-state index is 6.20. The third kappa shape index (κ3) is 7.38. The van der Waals surface area contributed by atoms with E-state index >= 15 is 0 Å². The summed E-state index contributed by atoms with van der Waals surface area (Å²) in [5.74, 6) is 1.80. The molecule has 0 unspecified atom stereocenters. The highest BCUT2D eigenvalue weighted by atomic mass is 16.3. The standard InChI is InChI=1S/C47H39NO2/c1-4-5-6-13-33(2)43-16-9-10-17-44(43)48-41-27-24-36(25-28-41)35-20-22-37(23-21-35)38(26-29-42-31-39-14-7-11-18-45(39)49-42)30-34(3)47-32-40-15-8-12-19-46(40)50-47/h4-28,30-32,48H,2,29H2,1,3H3/b5-4-,13-6-,34-30+,38-26+. The van der Waals surface area contributed by atoms with E-state index in [4.69, 9.17) is 8.83 Å². The van der Waals surface area contributed by atoms with E-state index < -0.39 is 0 Å². The van der Waals surface area contributed by atoms with Gasteiger partial charge in [-0.05, 0) is 95.8 Å². The molecule has 0 aliphatic heterocycles. The van der Waals surface area contributed by atoms with E-state index in [0.717, 1.165) is 83.8 Å². The van der Waals surface area contributed by atoms with Gasteiger partial charge in [0, 0.05) is 34.1 Å². The maximum Gasteiger partial charge on any atom is 0.134 e. The summed E-state index contributed by atoms with van der Waals surface area (Å²) >= 11 is 0. The van der Waals surface area contributed by atoms with Gasteiger partial charge in [-0.15, -0.1) is 0 Å². The molecular weight excluding hydrogens is 611 g/mol. The van der Waals surface area contributed by atoms with Crippen molar-refractivity contribution < 1.29 is 8.83 Å². The lowest BCUT2D eigenvalue weighted by Gasteiger charge is -2.13. The van der Waals surface area contributed by atoms with Gasteiger partial charge in [-0.2, -0.15) is 0 Å². The molecule has 0 bridgehead atoms. The van der Waals surface area contributed by atoms with Crippen molar-refractivity contribution >= 4 is 50.0 Å². The Morgan fingerprint density at radius 3 is 2.04 bits per heavy atom. The third-order valence-electron chi connectivity index (χ3n) is 8.78. The monoisotopic (exact) mass is 649 g/mol. The van der Waals surface area contributed by atoms with Gasteiger partial charge in [0.1, 0.15) is 22.7 Å². The molecule has 0 aliphatic carbocycles. The van der Waals surface area contributed by atoms with Gasteiger partial charge in [0.25, 0.3) is 0 Å². The number of anilines is 2. The maximum absolute atomic E-state index is 6.20. The van der Waals surface area contributed by atoms with Crippen molar-refractivity contribution in [2.45, 2.75) is 20.3 Å². The highest BCUT2D eigenvalue weighted by Gasteiger charge is 2.10. The predicted molar refractivity (Wildman–Crippen MR) is 212 cm³/mol. The lowest BCUT2D eigenvalue weighted by Crippen LogP contribution is -1.94. The molecule has 2 heterocycles. The van der Waals surface area contributed by atoms with Crippen molar-refractivity contribution in [2.75, 3.05) is 5.32 Å². The van der Waals surface area contributed by atoms with E-state index in [-0.39, 0.29) is 0 Å². The zero-order valence-corrected chi connectivity index (χ0v) is 28.4. The van der Waals surface area contributed by atoms with Gasteiger partial charge in [0.15, 0.2) is 0 Å². The number of hydrogen-bond donors (Lipinski definition) is 1. The molecule has 7 rings (SSSR count). The van der Waals surface area contributed by atoms with Gasteiger partial charge in [0.2, 0.25) is 0 Å². The number of hydrogen-bond acceptors (Lipinski definition) is 3. The summed E-state index contributed by atoms with van der Waals surface area (Å²) in [6.45, 7) is 8.38. The predicted octanol–water partition coefficient (Wildman–Crippen LogP) is 13.5. The molecule has 50 heavy (non-hydrogen) atoms. The van der Waals surface area contributed by atoms with Crippen molar-refractivity contribution in [1.82, 2.24) is 0 Å². The fourth-order valence-electron chi connectivity index (χ4n) is 6.09. The lowest BCUT2D eigenvalue weighted by atomic mass is 9.97. The van der Waals surface area contributed by atoms with E-state index in [1.165, 1.54) is 0 Å². The van der Waals surface area contributed by atoms with Crippen LogP contribution in [0.3, 0.4) is 0 Å². The smallest absolute Gasteiger partial charge is 0.134 e. The van der Waals surface area contributed by atoms with E-state index in [1.807, 2.05) is 79.8 Å². The molecule has 244 valence electrons. The Morgan fingerprint density at radius 2 is 1.34 bits per heavy atom. The lowest BCUT2D eigenvalue weighted by molar-refractivity contribution is 0.565. The normalized spacial score (nSPS) is 12.4. The van der Waals surface area contributed by atoms with Gasteiger partial charge in [0.05, 0.1) is 0 Å². The van der Waals surface area contributed by atoms with Crippen LogP contribution in [0.2, 0.25) is 0 Å². The largest absolute Gasteiger partial charge is 0.461 e. The second kappa shape index (κ2) is 14.8. The third-order valence-corrected chi connectivity index (χ3v) is 8.78. The minimum Gasteiger partial charge on any atom is -0.461 e. The SMILES string of the molecule is C=C(/C=C\C=C/C)c1ccccc1Nc1ccc(-c2ccc(C(=C/Cc3cc4ccccc4o3)/C=C(\C)c3cc4ccccc4o3)cc2)cc1. The van der Waals surface area contributed by atoms with Crippen LogP contribution < -0.4 is 5.32 Å². The quantitative estimate of drug-likeness (QED) is 0.142. The highest BCUT2D eigenvalue weighted by Crippen LogP contribution is 2.31. The molecule has 3 heteroatoms. The number of benzene rings is 5. The van der Waals surface area contributed by atoms with Crippen LogP contribution in [0.1, 0.15) is 36.5 Å². The summed E-state index contributed by atoms with van der Waals surface area (Å²) in [6, 6.07) is 46.1. The molecule has 0 radical (unpaired) electrons. The van der Waals surface area contributed by atoms with Gasteiger partial charge < -0.3 is 14.2 Å². The Morgan fingerprint density at radius 1 is 0.700 bits per heavy atom. The average Bonchev–Trinajstić information content (AvgIpc) is 3.79. The molecule has 0 saturated carbocycles. The first-order valence-electron chi connectivity index (χ1n) is 16.9. The first kappa shape index (κ1) is 32.2. The van der Waals surface area contributed by atoms with Crippen LogP contribution in [-0.2, 0) is 6.42 Å². The van der Waals surface area contributed by atoms with Gasteiger partial charge in [-0.3, -0.25) is 0 Å². The van der Waals surface area contributed by atoms with Crippen LogP contribution in [0, 0.1) is 0 Å². The van der Waals surface area contributed by atoms with Gasteiger partial charge >= 0.3 is 0 Å². The Kier molecular flexibility index (Phi) is 9.57. The topological polar surface area (TPSA) is 38.3 Å². The van der Waals surface area contributed by atoms with Crippen molar-refractivity contribution in [3.8, 4) is 11.1 Å². The minimum absolute atomic E-state index is 0.673. The van der Waals surface area contributed by atoms with E-state index in [0.29, 0.717) is 6.42 Å². The molecule has 1 N–H and O–H groups in total. The summed E-state index contributed by atoms with van der Waals surface area (Å²) in [5.41, 5.74) is 11.5. The molecule has 3 nitrogen and oxygen atoms in total. The highest BCUT2D eigenvalue weighted by molar-refractivity contribution is 5.87. The molecule has 0 fully saturated rings. The molecule has 0 saturated heterocycles. The molecule has 2 aromatic heterocycles. The number of allylic oxidation sites excluding steroid dienone is 9. The summed E-state index contributed by atoms with van der Waals surface area (Å²) in [6.07, 6.45) is 13.2. The van der Waals surface area contributed by atoms with Crippen LogP contribution in [0.25, 0.3) is 49.8 Å². The number of furan rings is 2. The van der Waals surface area contributed by atoms with Crippen molar-refractivity contribution in [3.63, 3.8) is 0 Å². The molecule has 7 aromatic rings. The van der Waals surface area contributed by atoms with E-state index in [1.54, 1.807) is 0 Å². The van der Waals surface area contributed by atoms with Crippen LogP contribution in [0.4, 0.5) is 11.4 Å². The fraction of sp³-hybridized carbons (Fsp3) is 0.0638. The van der Waals surface area contributed by atoms with Crippen molar-refractivity contribution in [2.24, 2.45) is 0 Å². The number of rotatable bonds is 11. The summed E-state index contributed by atoms with van der Waals surface area (Å²) in [4.78, 5) is 0. The molecule has 0 atom stereocenters. The van der Waals surface area contributed by atoms with E-state index in [9.17, 15) is 0 Å². The van der Waals surface area contributed by atoms with Crippen LogP contribution in [0.15, 0.2) is 185 Å². The number of para-hydroxylation sites is 3. The zero-order chi connectivity index (χ0) is 34.3. The zero-order valence-electron chi connectivity index (χ0n) is 28.4. The number of fused-ring (bicyclic) bond motifs is 2. The van der Waals surface area contributed by atoms with Crippen LogP contribution in [-0.4, -0.2) is 0 Å². The van der Waals surface area contributed by atoms with Gasteiger partial charge in [-0.25, -0.2) is 0 Å². The molecule has 0 aliphatic rings. The minimum atomic E-state index is 0.673. The molecule has 5 aromatic carbocycles. The first-order chi connectivity index (χ1) is 24.5. The Bertz CT molecular complexity index is 2330. The van der Waals surface area contributed by atoms with Crippen molar-refractivity contribution in [3.05, 3.63) is 199 Å². The molecule has 0 amide bonds. The average molecular weight is 650 g/mol. The number of nitrogens with one attached hydrogen (secondary N) is 1. The summed E-state index contributed by atoms with van der Waals surface area (Å²) in [5, 5.41) is 5.79. The molecule has 0 spiro atoms. The Balaban J connectivity index is 1.13. The van der Waals surface area contributed by atoms with Crippen LogP contribution >= 0.6 is 0 Å². The summed E-state index contributed by atoms with van der Waals surface area (Å²) < 4.78 is 12.3. The second-order valence-corrected chi connectivity index (χ2v) is 12.3. The fourth-order valence-corrected chi connectivity index (χ4v) is 6.09. The first-order valence-corrected chi connectivity index (χ1v) is 16.9. The Hall–Kier alpha value is -6.32. The van der Waals surface area contributed by atoms with Gasteiger partial charge in [-0.1, -0.05) is 128 Å². The summed E-state index contributed by atoms with van der Waals surface area (Å²) in [7, 11) is 0. The van der Waals surface area contributed by atoms with Crippen LogP contribution in [0.5, 0.6) is 0 Å². The second-order valence-electron chi connectivity index (χ2n) is 12.3. The van der Waals surface area contributed by atoms with Crippen molar-refractivity contribution in [1.29, 1.82) is 0 Å². The molecular formula is C47H39NO2.